The van der Waals surface area contributed by atoms with Gasteiger partial charge in [-0.1, -0.05) is 0 Å². The molecule has 462 valence electrons. The molecular formula is C45H48I9N9O21. The van der Waals surface area contributed by atoms with E-state index in [9.17, 15) is 90.0 Å². The summed E-state index contributed by atoms with van der Waals surface area (Å²) >= 11 is 14.0. The molecule has 4 aromatic rings. The number of rotatable bonds is 27. The van der Waals surface area contributed by atoms with E-state index >= 15 is 14.4 Å². The fourth-order valence-electron chi connectivity index (χ4n) is 7.30. The topological polar surface area (TPSA) is 483 Å². The van der Waals surface area contributed by atoms with Crippen LogP contribution < -0.4 is 49.0 Å². The highest BCUT2D eigenvalue weighted by Crippen LogP contribution is 2.38. The van der Waals surface area contributed by atoms with Crippen molar-refractivity contribution in [3.8, 4) is 17.1 Å². The predicted octanol–water partition coefficient (Wildman–Crippen LogP) is -3.92. The Morgan fingerprint density at radius 1 is 0.262 bits per heavy atom. The van der Waals surface area contributed by atoms with Crippen LogP contribution in [0.2, 0.25) is 0 Å². The van der Waals surface area contributed by atoms with Gasteiger partial charge in [-0.3, -0.25) is 28.8 Å². The van der Waals surface area contributed by atoms with E-state index < -0.39 is 218 Å². The Kier molecular flexibility index (Phi) is 30.9. The van der Waals surface area contributed by atoms with Crippen LogP contribution in [-0.4, -0.2) is 226 Å². The zero-order chi connectivity index (χ0) is 63.5. The number of benzene rings is 3. The second-order valence-electron chi connectivity index (χ2n) is 17.2. The molecule has 39 heteroatoms. The van der Waals surface area contributed by atoms with Crippen molar-refractivity contribution in [2.75, 3.05) is 79.3 Å². The van der Waals surface area contributed by atoms with E-state index in [1.807, 2.05) is 0 Å². The van der Waals surface area contributed by atoms with Crippen LogP contribution in [0.25, 0.3) is 17.1 Å². The van der Waals surface area contributed by atoms with Crippen LogP contribution in [0.3, 0.4) is 0 Å². The zero-order valence-corrected chi connectivity index (χ0v) is 61.7. The number of nitrogens with zero attached hydrogens (tertiary/aromatic N) is 3. The van der Waals surface area contributed by atoms with Crippen molar-refractivity contribution >= 4 is 239 Å². The minimum absolute atomic E-state index is 0.228. The van der Waals surface area contributed by atoms with E-state index in [-0.39, 0.29) is 45.8 Å². The van der Waals surface area contributed by atoms with Gasteiger partial charge in [0.25, 0.3) is 35.4 Å². The third kappa shape index (κ3) is 16.2. The van der Waals surface area contributed by atoms with Gasteiger partial charge >= 0.3 is 17.1 Å². The number of carbonyl (C=O) groups is 6. The fourth-order valence-corrected chi connectivity index (χ4v) is 21.2. The molecule has 0 atom stereocenters. The summed E-state index contributed by atoms with van der Waals surface area (Å²) in [5, 5.41) is 134. The fraction of sp³-hybridized carbons (Fsp3) is 0.400. The lowest BCUT2D eigenvalue weighted by Gasteiger charge is -2.25. The van der Waals surface area contributed by atoms with E-state index in [1.165, 1.54) is 136 Å². The molecule has 30 nitrogen and oxygen atoms in total. The van der Waals surface area contributed by atoms with Crippen LogP contribution in [0.1, 0.15) is 62.1 Å². The van der Waals surface area contributed by atoms with Gasteiger partial charge in [-0.15, -0.1) is 0 Å². The van der Waals surface area contributed by atoms with Crippen LogP contribution >= 0.6 is 203 Å². The van der Waals surface area contributed by atoms with E-state index in [2.05, 4.69) is 31.9 Å². The molecule has 0 fully saturated rings. The highest BCUT2D eigenvalue weighted by Gasteiger charge is 2.38. The van der Waals surface area contributed by atoms with Gasteiger partial charge in [0.2, 0.25) is 0 Å². The predicted molar refractivity (Wildman–Crippen MR) is 370 cm³/mol. The molecule has 1 heterocycles. The first-order valence-corrected chi connectivity index (χ1v) is 33.2. The molecule has 1 aromatic heterocycles. The van der Waals surface area contributed by atoms with Gasteiger partial charge < -0.3 is 93.2 Å². The maximum atomic E-state index is 16.1. The minimum Gasteiger partial charge on any atom is -0.394 e. The van der Waals surface area contributed by atoms with E-state index in [1.54, 1.807) is 67.8 Å². The summed E-state index contributed by atoms with van der Waals surface area (Å²) in [7, 11) is 0. The van der Waals surface area contributed by atoms with Gasteiger partial charge in [-0.05, 0) is 203 Å². The van der Waals surface area contributed by atoms with E-state index in [0.717, 1.165) is 0 Å². The highest BCUT2D eigenvalue weighted by atomic mass is 127. The standard InChI is InChI=1S/C45H48I9N9O21/c46-25-19(37(76)55-13(1-64)2-65)28(49)34(29(50)20(25)38(77)56-14(3-66)4-67)61-43(82)62(35-30(51)21(39(78)57-15(5-68)6-69)26(47)22(31(35)52)40(79)58-16(7-70)8-71)45(84)63(44(61)83)36-32(53)23(41(80)59-17(9-72)10-73)27(48)24(33(36)54)42(81)60-18(11-74)12-75/h13-18,64-75H,1-12H2,(H,55,76)(H,56,77)(H,57,78)(H,58,79)(H,59,80)(H,60,81). The Labute approximate surface area is 595 Å². The number of carbonyl (C=O) groups excluding carboxylic acids is 6. The van der Waals surface area contributed by atoms with E-state index in [4.69, 9.17) is 0 Å². The second-order valence-corrected chi connectivity index (χ2v) is 26.9. The van der Waals surface area contributed by atoms with Crippen molar-refractivity contribution in [1.29, 1.82) is 0 Å². The number of hydrogen-bond acceptors (Lipinski definition) is 21. The number of amides is 6. The molecule has 18 N–H and O–H groups in total. The molecule has 4 rings (SSSR count). The summed E-state index contributed by atoms with van der Waals surface area (Å²) in [6, 6.07) is -8.20. The minimum atomic E-state index is -1.71. The monoisotopic (exact) mass is 2190 g/mol. The van der Waals surface area contributed by atoms with Crippen molar-refractivity contribution < 1.29 is 90.0 Å². The lowest BCUT2D eigenvalue weighted by molar-refractivity contribution is 0.0863. The van der Waals surface area contributed by atoms with Gasteiger partial charge in [-0.2, -0.15) is 0 Å². The van der Waals surface area contributed by atoms with Gasteiger partial charge in [-0.25, -0.2) is 28.1 Å². The normalized spacial score (nSPS) is 11.6. The van der Waals surface area contributed by atoms with Crippen LogP contribution in [0.4, 0.5) is 0 Å². The molecule has 84 heavy (non-hydrogen) atoms. The maximum Gasteiger partial charge on any atom is 0.345 e. The third-order valence-corrected chi connectivity index (χ3v) is 21.3. The molecule has 0 aliphatic rings. The van der Waals surface area contributed by atoms with Crippen molar-refractivity contribution in [1.82, 2.24) is 45.6 Å². The lowest BCUT2D eigenvalue weighted by atomic mass is 10.1. The first-order valence-electron chi connectivity index (χ1n) is 23.5. The largest absolute Gasteiger partial charge is 0.394 e. The summed E-state index contributed by atoms with van der Waals surface area (Å²) in [5.41, 5.74) is -10.3. The Morgan fingerprint density at radius 2 is 0.381 bits per heavy atom. The average Bonchev–Trinajstić information content (AvgIpc) is 1.41. The molecular weight excluding hydrogens is 2140 g/mol. The summed E-state index contributed by atoms with van der Waals surface area (Å²) in [6.07, 6.45) is 0. The van der Waals surface area contributed by atoms with Gasteiger partial charge in [0.15, 0.2) is 0 Å². The summed E-state index contributed by atoms with van der Waals surface area (Å²) in [4.78, 5) is 135. The van der Waals surface area contributed by atoms with Gasteiger partial charge in [0, 0.05) is 10.7 Å². The number of nitrogens with one attached hydrogen (secondary N) is 6. The zero-order valence-electron chi connectivity index (χ0n) is 42.2. The number of aliphatic hydroxyl groups is 12. The molecule has 0 aliphatic carbocycles. The molecule has 0 radical (unpaired) electrons. The van der Waals surface area contributed by atoms with Crippen molar-refractivity contribution in [3.05, 3.63) is 97.0 Å². The molecule has 0 aliphatic heterocycles. The molecule has 0 bridgehead atoms. The number of halogens is 9. The van der Waals surface area contributed by atoms with Crippen LogP contribution in [0, 0.1) is 32.1 Å². The Hall–Kier alpha value is -1.02. The highest BCUT2D eigenvalue weighted by molar-refractivity contribution is 14.1. The molecule has 0 saturated carbocycles. The SMILES string of the molecule is O=C(NC(CO)CO)c1c(I)c(C(=O)NC(CO)CO)c(I)c(-n2c(=O)n(-c3c(I)c(C(=O)NC(CO)CO)c(I)c(C(=O)NC(CO)CO)c3I)c(=O)n(-c3c(I)c(C(=O)NC(CO)CO)c(I)c(C(=O)NC(CO)CO)c3I)c2=O)c1I. The summed E-state index contributed by atoms with van der Waals surface area (Å²) < 4.78 is -2.13. The van der Waals surface area contributed by atoms with Crippen molar-refractivity contribution in [2.45, 2.75) is 36.3 Å². The molecule has 3 aromatic carbocycles. The number of hydrogen-bond donors (Lipinski definition) is 18. The van der Waals surface area contributed by atoms with Gasteiger partial charge in [0.05, 0.1) is 187 Å². The third-order valence-electron chi connectivity index (χ3n) is 11.7. The molecule has 0 unspecified atom stereocenters. The molecule has 0 spiro atoms. The molecule has 6 amide bonds. The Balaban J connectivity index is 2.63. The first-order chi connectivity index (χ1) is 39.7. The Morgan fingerprint density at radius 3 is 0.488 bits per heavy atom. The summed E-state index contributed by atoms with van der Waals surface area (Å²) in [5.74, 6) is -6.87. The quantitative estimate of drug-likeness (QED) is 0.0254. The number of aliphatic hydroxyl groups excluding tert-OH is 12. The second kappa shape index (κ2) is 34.4. The number of aromatic nitrogens is 3. The van der Waals surface area contributed by atoms with Crippen LogP contribution in [0.5, 0.6) is 0 Å². The average molecular weight is 2190 g/mol. The van der Waals surface area contributed by atoms with Gasteiger partial charge in [0.1, 0.15) is 0 Å². The molecule has 0 saturated heterocycles. The lowest BCUT2D eigenvalue weighted by Crippen LogP contribution is -2.54. The summed E-state index contributed by atoms with van der Waals surface area (Å²) in [6.45, 7) is -10.1. The first kappa shape index (κ1) is 75.4. The van der Waals surface area contributed by atoms with Crippen LogP contribution in [-0.2, 0) is 0 Å². The van der Waals surface area contributed by atoms with Crippen LogP contribution in [0.15, 0.2) is 14.4 Å². The van der Waals surface area contributed by atoms with E-state index in [0.29, 0.717) is 0 Å². The Bertz CT molecular complexity index is 2850. The van der Waals surface area contributed by atoms with Crippen molar-refractivity contribution in [2.24, 2.45) is 0 Å². The smallest absolute Gasteiger partial charge is 0.345 e. The maximum absolute atomic E-state index is 16.1. The van der Waals surface area contributed by atoms with Crippen molar-refractivity contribution in [3.63, 3.8) is 0 Å².